The van der Waals surface area contributed by atoms with Crippen molar-refractivity contribution >= 4 is 6.09 Å². The number of nitrogens with two attached hydrogens (primary N) is 1. The first-order valence-electron chi connectivity index (χ1n) is 7.24. The summed E-state index contributed by atoms with van der Waals surface area (Å²) in [5, 5.41) is 0. The van der Waals surface area contributed by atoms with E-state index in [0.717, 1.165) is 19.4 Å². The molecule has 2 N–H and O–H groups in total. The molecular weight excluding hydrogens is 240 g/mol. The first kappa shape index (κ1) is 16.3. The third kappa shape index (κ3) is 4.68. The first-order chi connectivity index (χ1) is 8.54. The van der Waals surface area contributed by atoms with Gasteiger partial charge >= 0.3 is 6.09 Å². The molecule has 19 heavy (non-hydrogen) atoms. The van der Waals surface area contributed by atoms with Gasteiger partial charge in [-0.2, -0.15) is 0 Å². The van der Waals surface area contributed by atoms with E-state index in [9.17, 15) is 4.79 Å². The van der Waals surface area contributed by atoms with E-state index in [1.54, 1.807) is 0 Å². The molecule has 1 aliphatic rings. The third-order valence-corrected chi connectivity index (χ3v) is 3.83. The molecule has 0 aromatic carbocycles. The van der Waals surface area contributed by atoms with Crippen LogP contribution in [0.15, 0.2) is 0 Å². The molecule has 0 radical (unpaired) electrons. The highest BCUT2D eigenvalue weighted by Gasteiger charge is 2.37. The maximum absolute atomic E-state index is 12.3. The van der Waals surface area contributed by atoms with Gasteiger partial charge in [0.1, 0.15) is 5.60 Å². The molecule has 1 saturated heterocycles. The van der Waals surface area contributed by atoms with Crippen molar-refractivity contribution in [3.05, 3.63) is 0 Å². The number of carbonyl (C=O) groups is 1. The van der Waals surface area contributed by atoms with Crippen LogP contribution in [0.3, 0.4) is 0 Å². The Morgan fingerprint density at radius 2 is 1.79 bits per heavy atom. The fraction of sp³-hybridized carbons (Fsp3) is 0.933. The number of rotatable bonds is 1. The molecule has 4 nitrogen and oxygen atoms in total. The predicted octanol–water partition coefficient (Wildman–Crippen LogP) is 3.01. The molecule has 0 bridgehead atoms. The van der Waals surface area contributed by atoms with Crippen LogP contribution in [0.5, 0.6) is 0 Å². The van der Waals surface area contributed by atoms with Crippen molar-refractivity contribution in [2.45, 2.75) is 66.0 Å². The second-order valence-corrected chi connectivity index (χ2v) is 7.66. The highest BCUT2D eigenvalue weighted by molar-refractivity contribution is 5.68. The van der Waals surface area contributed by atoms with Crippen LogP contribution in [0.2, 0.25) is 0 Å². The number of amides is 1. The zero-order valence-electron chi connectivity index (χ0n) is 13.3. The van der Waals surface area contributed by atoms with E-state index in [2.05, 4.69) is 20.8 Å². The van der Waals surface area contributed by atoms with Crippen molar-refractivity contribution in [2.75, 3.05) is 13.1 Å². The summed E-state index contributed by atoms with van der Waals surface area (Å²) in [6, 6.07) is 0.119. The maximum atomic E-state index is 12.3. The van der Waals surface area contributed by atoms with Crippen LogP contribution in [-0.2, 0) is 4.74 Å². The van der Waals surface area contributed by atoms with Crippen molar-refractivity contribution in [2.24, 2.45) is 17.1 Å². The van der Waals surface area contributed by atoms with Crippen molar-refractivity contribution in [1.29, 1.82) is 0 Å². The van der Waals surface area contributed by atoms with Gasteiger partial charge in [-0.3, -0.25) is 0 Å². The van der Waals surface area contributed by atoms with Gasteiger partial charge in [-0.15, -0.1) is 0 Å². The highest BCUT2D eigenvalue weighted by Crippen LogP contribution is 2.35. The zero-order valence-corrected chi connectivity index (χ0v) is 13.3. The summed E-state index contributed by atoms with van der Waals surface area (Å²) < 4.78 is 5.50. The van der Waals surface area contributed by atoms with Gasteiger partial charge in [0.25, 0.3) is 0 Å². The zero-order chi connectivity index (χ0) is 14.8. The number of hydrogen-bond donors (Lipinski definition) is 1. The smallest absolute Gasteiger partial charge is 0.410 e. The van der Waals surface area contributed by atoms with Crippen LogP contribution in [-0.4, -0.2) is 35.7 Å². The van der Waals surface area contributed by atoms with E-state index in [-0.39, 0.29) is 17.6 Å². The Bertz CT molecular complexity index is 315. The van der Waals surface area contributed by atoms with E-state index in [1.165, 1.54) is 0 Å². The van der Waals surface area contributed by atoms with Crippen LogP contribution in [0.4, 0.5) is 4.79 Å². The minimum Gasteiger partial charge on any atom is -0.444 e. The van der Waals surface area contributed by atoms with Crippen LogP contribution in [0, 0.1) is 11.3 Å². The molecule has 4 heteroatoms. The summed E-state index contributed by atoms with van der Waals surface area (Å²) in [5.41, 5.74) is 5.55. The minimum absolute atomic E-state index is 0.119. The van der Waals surface area contributed by atoms with Crippen LogP contribution < -0.4 is 5.73 Å². The lowest BCUT2D eigenvalue weighted by molar-refractivity contribution is -0.00585. The number of ether oxygens (including phenoxy) is 1. The van der Waals surface area contributed by atoms with Crippen molar-refractivity contribution in [3.8, 4) is 0 Å². The second-order valence-electron chi connectivity index (χ2n) is 7.66. The van der Waals surface area contributed by atoms with Gasteiger partial charge < -0.3 is 15.4 Å². The number of piperidine rings is 1. The van der Waals surface area contributed by atoms with Crippen LogP contribution in [0.25, 0.3) is 0 Å². The molecule has 0 saturated carbocycles. The summed E-state index contributed by atoms with van der Waals surface area (Å²) in [5.74, 6) is 0.503. The fourth-order valence-corrected chi connectivity index (χ4v) is 2.52. The Balaban J connectivity index is 2.78. The number of hydrogen-bond acceptors (Lipinski definition) is 3. The van der Waals surface area contributed by atoms with Crippen molar-refractivity contribution in [3.63, 3.8) is 0 Å². The topological polar surface area (TPSA) is 55.6 Å². The normalized spacial score (nSPS) is 25.3. The summed E-state index contributed by atoms with van der Waals surface area (Å²) in [6.45, 7) is 13.6. The summed E-state index contributed by atoms with van der Waals surface area (Å²) in [6.07, 6.45) is 1.87. The first-order valence-corrected chi connectivity index (χ1v) is 7.24. The summed E-state index contributed by atoms with van der Waals surface area (Å²) >= 11 is 0. The minimum atomic E-state index is -0.453. The van der Waals surface area contributed by atoms with Crippen LogP contribution >= 0.6 is 0 Å². The average molecular weight is 270 g/mol. The lowest BCUT2D eigenvalue weighted by atomic mass is 9.75. The molecule has 0 aliphatic carbocycles. The van der Waals surface area contributed by atoms with Gasteiger partial charge in [-0.1, -0.05) is 20.8 Å². The lowest BCUT2D eigenvalue weighted by Crippen LogP contribution is -2.53. The molecule has 0 spiro atoms. The second kappa shape index (κ2) is 5.70. The van der Waals surface area contributed by atoms with E-state index >= 15 is 0 Å². The Hall–Kier alpha value is -0.770. The third-order valence-electron chi connectivity index (χ3n) is 3.83. The van der Waals surface area contributed by atoms with E-state index < -0.39 is 5.60 Å². The number of nitrogens with zero attached hydrogens (tertiary/aromatic N) is 1. The molecule has 1 amide bonds. The molecule has 1 heterocycles. The van der Waals surface area contributed by atoms with E-state index in [4.69, 9.17) is 10.5 Å². The summed E-state index contributed by atoms with van der Waals surface area (Å²) in [4.78, 5) is 14.1. The molecule has 1 rings (SSSR count). The van der Waals surface area contributed by atoms with Gasteiger partial charge in [0.15, 0.2) is 0 Å². The van der Waals surface area contributed by atoms with Gasteiger partial charge in [-0.25, -0.2) is 4.79 Å². The van der Waals surface area contributed by atoms with Gasteiger partial charge in [-0.05, 0) is 44.9 Å². The van der Waals surface area contributed by atoms with Crippen molar-refractivity contribution in [1.82, 2.24) is 4.90 Å². The van der Waals surface area contributed by atoms with Gasteiger partial charge in [0, 0.05) is 19.1 Å². The maximum Gasteiger partial charge on any atom is 0.410 e. The molecule has 0 aromatic heterocycles. The highest BCUT2D eigenvalue weighted by atomic mass is 16.6. The molecule has 1 aliphatic heterocycles. The Morgan fingerprint density at radius 3 is 2.21 bits per heavy atom. The summed E-state index contributed by atoms with van der Waals surface area (Å²) in [7, 11) is 0. The monoisotopic (exact) mass is 270 g/mol. The molecule has 1 fully saturated rings. The largest absolute Gasteiger partial charge is 0.444 e. The Morgan fingerprint density at radius 1 is 1.21 bits per heavy atom. The molecule has 0 aromatic rings. The van der Waals surface area contributed by atoms with E-state index in [0.29, 0.717) is 12.5 Å². The SMILES string of the molecule is CC(C)(C)OC(=O)N1CC(C(C)(C)C)CCC1CN. The predicted molar refractivity (Wildman–Crippen MR) is 78.0 cm³/mol. The van der Waals surface area contributed by atoms with Gasteiger partial charge in [0.05, 0.1) is 0 Å². The molecular formula is C15H30N2O2. The quantitative estimate of drug-likeness (QED) is 0.797. The fourth-order valence-electron chi connectivity index (χ4n) is 2.52. The molecule has 2 atom stereocenters. The van der Waals surface area contributed by atoms with E-state index in [1.807, 2.05) is 25.7 Å². The Kier molecular flexibility index (Phi) is 4.88. The van der Waals surface area contributed by atoms with Crippen molar-refractivity contribution < 1.29 is 9.53 Å². The Labute approximate surface area is 117 Å². The number of likely N-dealkylation sites (tertiary alicyclic amines) is 1. The standard InChI is InChI=1S/C15H30N2O2/c1-14(2,3)11-7-8-12(9-16)17(10-11)13(18)19-15(4,5)6/h11-12H,7-10,16H2,1-6H3. The van der Waals surface area contributed by atoms with Crippen LogP contribution in [0.1, 0.15) is 54.4 Å². The lowest BCUT2D eigenvalue weighted by Gasteiger charge is -2.44. The average Bonchev–Trinajstić information content (AvgIpc) is 2.24. The molecule has 112 valence electrons. The van der Waals surface area contributed by atoms with Gasteiger partial charge in [0.2, 0.25) is 0 Å². The number of carbonyl (C=O) groups excluding carboxylic acids is 1. The molecule has 2 unspecified atom stereocenters.